The van der Waals surface area contributed by atoms with Crippen LogP contribution in [-0.2, 0) is 4.74 Å². The summed E-state index contributed by atoms with van der Waals surface area (Å²) in [6.45, 7) is 9.58. The van der Waals surface area contributed by atoms with E-state index in [1.54, 1.807) is 14.0 Å². The first-order chi connectivity index (χ1) is 9.63. The first-order valence-electron chi connectivity index (χ1n) is 7.20. The average molecular weight is 276 g/mol. The predicted molar refractivity (Wildman–Crippen MR) is 81.7 cm³/mol. The van der Waals surface area contributed by atoms with Crippen molar-refractivity contribution in [3.63, 3.8) is 0 Å². The Kier molecular flexibility index (Phi) is 5.15. The van der Waals surface area contributed by atoms with E-state index < -0.39 is 0 Å². The van der Waals surface area contributed by atoms with Gasteiger partial charge >= 0.3 is 0 Å². The lowest BCUT2D eigenvalue weighted by Crippen LogP contribution is -2.47. The van der Waals surface area contributed by atoms with Crippen LogP contribution in [0, 0.1) is 6.92 Å². The third-order valence-electron chi connectivity index (χ3n) is 4.01. The van der Waals surface area contributed by atoms with Crippen LogP contribution < -0.4 is 4.90 Å². The number of hydrogen-bond donors (Lipinski definition) is 0. The number of ketones is 1. The lowest BCUT2D eigenvalue weighted by atomic mass is 10.0. The van der Waals surface area contributed by atoms with E-state index in [4.69, 9.17) is 4.74 Å². The van der Waals surface area contributed by atoms with Crippen LogP contribution in [0.25, 0.3) is 0 Å². The number of anilines is 1. The summed E-state index contributed by atoms with van der Waals surface area (Å²) >= 11 is 0. The van der Waals surface area contributed by atoms with Crippen molar-refractivity contribution in [2.75, 3.05) is 51.3 Å². The lowest BCUT2D eigenvalue weighted by molar-refractivity contribution is 0.101. The smallest absolute Gasteiger partial charge is 0.160 e. The van der Waals surface area contributed by atoms with Gasteiger partial charge in [0.15, 0.2) is 5.78 Å². The maximum atomic E-state index is 11.6. The number of rotatable bonds is 5. The van der Waals surface area contributed by atoms with E-state index in [1.165, 1.54) is 5.69 Å². The van der Waals surface area contributed by atoms with Crippen LogP contribution in [0.3, 0.4) is 0 Å². The minimum atomic E-state index is 0.142. The van der Waals surface area contributed by atoms with Gasteiger partial charge in [0.25, 0.3) is 0 Å². The molecule has 1 aliphatic heterocycles. The van der Waals surface area contributed by atoms with Crippen molar-refractivity contribution >= 4 is 11.5 Å². The van der Waals surface area contributed by atoms with E-state index in [0.717, 1.165) is 50.5 Å². The molecule has 4 nitrogen and oxygen atoms in total. The van der Waals surface area contributed by atoms with E-state index in [-0.39, 0.29) is 5.78 Å². The van der Waals surface area contributed by atoms with Crippen LogP contribution in [0.4, 0.5) is 5.69 Å². The highest BCUT2D eigenvalue weighted by Gasteiger charge is 2.19. The number of benzene rings is 1. The Labute approximate surface area is 121 Å². The van der Waals surface area contributed by atoms with E-state index >= 15 is 0 Å². The molecule has 0 radical (unpaired) electrons. The Bertz CT molecular complexity index is 466. The molecule has 1 heterocycles. The van der Waals surface area contributed by atoms with Gasteiger partial charge in [0.05, 0.1) is 6.61 Å². The van der Waals surface area contributed by atoms with E-state index in [0.29, 0.717) is 0 Å². The number of piperazine rings is 1. The van der Waals surface area contributed by atoms with Gasteiger partial charge in [0.1, 0.15) is 0 Å². The molecule has 2 rings (SSSR count). The molecule has 1 aliphatic rings. The Morgan fingerprint density at radius 3 is 2.55 bits per heavy atom. The zero-order valence-corrected chi connectivity index (χ0v) is 12.7. The molecule has 110 valence electrons. The number of carbonyl (C=O) groups is 1. The van der Waals surface area contributed by atoms with Gasteiger partial charge in [-0.25, -0.2) is 0 Å². The number of methoxy groups -OCH3 is 1. The van der Waals surface area contributed by atoms with Crippen LogP contribution in [-0.4, -0.2) is 57.1 Å². The molecule has 0 N–H and O–H groups in total. The quantitative estimate of drug-likeness (QED) is 0.770. The summed E-state index contributed by atoms with van der Waals surface area (Å²) in [6, 6.07) is 6.01. The third-order valence-corrected chi connectivity index (χ3v) is 4.01. The zero-order chi connectivity index (χ0) is 14.5. The third kappa shape index (κ3) is 3.38. The summed E-state index contributed by atoms with van der Waals surface area (Å²) in [6.07, 6.45) is 0. The van der Waals surface area contributed by atoms with Crippen LogP contribution >= 0.6 is 0 Å². The second-order valence-electron chi connectivity index (χ2n) is 5.33. The minimum absolute atomic E-state index is 0.142. The summed E-state index contributed by atoms with van der Waals surface area (Å²) in [5.41, 5.74) is 3.14. The van der Waals surface area contributed by atoms with Crippen molar-refractivity contribution < 1.29 is 9.53 Å². The molecule has 0 saturated carbocycles. The molecule has 0 bridgehead atoms. The van der Waals surface area contributed by atoms with Crippen molar-refractivity contribution in [3.05, 3.63) is 29.3 Å². The van der Waals surface area contributed by atoms with Crippen molar-refractivity contribution in [3.8, 4) is 0 Å². The highest BCUT2D eigenvalue weighted by atomic mass is 16.5. The average Bonchev–Trinajstić information content (AvgIpc) is 2.46. The van der Waals surface area contributed by atoms with Gasteiger partial charge < -0.3 is 9.64 Å². The summed E-state index contributed by atoms with van der Waals surface area (Å²) in [5.74, 6) is 0.142. The molecule has 1 saturated heterocycles. The molecule has 1 aromatic rings. The molecule has 0 spiro atoms. The number of nitrogens with zero attached hydrogens (tertiary/aromatic N) is 2. The molecular formula is C16H24N2O2. The fourth-order valence-corrected chi connectivity index (χ4v) is 2.78. The molecule has 0 amide bonds. The van der Waals surface area contributed by atoms with Gasteiger partial charge in [-0.3, -0.25) is 9.69 Å². The lowest BCUT2D eigenvalue weighted by Gasteiger charge is -2.36. The summed E-state index contributed by atoms with van der Waals surface area (Å²) in [7, 11) is 1.74. The Morgan fingerprint density at radius 1 is 1.25 bits per heavy atom. The molecule has 4 heteroatoms. The second kappa shape index (κ2) is 6.86. The largest absolute Gasteiger partial charge is 0.383 e. The number of carbonyl (C=O) groups excluding carboxylic acids is 1. The number of ether oxygens (including phenoxy) is 1. The van der Waals surface area contributed by atoms with Crippen LogP contribution in [0.1, 0.15) is 22.8 Å². The Morgan fingerprint density at radius 2 is 1.95 bits per heavy atom. The summed E-state index contributed by atoms with van der Waals surface area (Å²) in [5, 5.41) is 0. The Hall–Kier alpha value is -1.39. The molecule has 0 aliphatic carbocycles. The highest BCUT2D eigenvalue weighted by Crippen LogP contribution is 2.24. The fourth-order valence-electron chi connectivity index (χ4n) is 2.78. The minimum Gasteiger partial charge on any atom is -0.383 e. The van der Waals surface area contributed by atoms with Gasteiger partial charge in [-0.1, -0.05) is 12.1 Å². The molecule has 0 aromatic heterocycles. The maximum Gasteiger partial charge on any atom is 0.160 e. The molecule has 1 aromatic carbocycles. The second-order valence-corrected chi connectivity index (χ2v) is 5.33. The topological polar surface area (TPSA) is 32.8 Å². The predicted octanol–water partition coefficient (Wildman–Crippen LogP) is 1.97. The van der Waals surface area contributed by atoms with Crippen LogP contribution in [0.15, 0.2) is 18.2 Å². The van der Waals surface area contributed by atoms with E-state index in [2.05, 4.69) is 15.9 Å². The van der Waals surface area contributed by atoms with Gasteiger partial charge in [0.2, 0.25) is 0 Å². The Balaban J connectivity index is 2.04. The fraction of sp³-hybridized carbons (Fsp3) is 0.562. The molecule has 1 fully saturated rings. The highest BCUT2D eigenvalue weighted by molar-refractivity contribution is 5.96. The molecule has 0 unspecified atom stereocenters. The van der Waals surface area contributed by atoms with Gasteiger partial charge in [-0.2, -0.15) is 0 Å². The maximum absolute atomic E-state index is 11.6. The van der Waals surface area contributed by atoms with Crippen LogP contribution in [0.2, 0.25) is 0 Å². The van der Waals surface area contributed by atoms with E-state index in [9.17, 15) is 4.79 Å². The molecule has 20 heavy (non-hydrogen) atoms. The van der Waals surface area contributed by atoms with E-state index in [1.807, 2.05) is 19.1 Å². The number of Topliss-reactive ketones (excluding diaryl/α,β-unsaturated/α-hetero) is 1. The first-order valence-corrected chi connectivity index (χ1v) is 7.20. The van der Waals surface area contributed by atoms with Gasteiger partial charge in [-0.15, -0.1) is 0 Å². The van der Waals surface area contributed by atoms with Crippen molar-refractivity contribution in [1.82, 2.24) is 4.90 Å². The molecular weight excluding hydrogens is 252 g/mol. The van der Waals surface area contributed by atoms with Gasteiger partial charge in [-0.05, 0) is 25.5 Å². The summed E-state index contributed by atoms with van der Waals surface area (Å²) < 4.78 is 5.12. The van der Waals surface area contributed by atoms with Crippen molar-refractivity contribution in [1.29, 1.82) is 0 Å². The normalized spacial score (nSPS) is 16.4. The SMILES string of the molecule is COCCN1CCN(c2cccc(C(C)=O)c2C)CC1. The van der Waals surface area contributed by atoms with Crippen molar-refractivity contribution in [2.24, 2.45) is 0 Å². The van der Waals surface area contributed by atoms with Crippen LogP contribution in [0.5, 0.6) is 0 Å². The summed E-state index contributed by atoms with van der Waals surface area (Å²) in [4.78, 5) is 16.4. The number of hydrogen-bond acceptors (Lipinski definition) is 4. The monoisotopic (exact) mass is 276 g/mol. The van der Waals surface area contributed by atoms with Crippen molar-refractivity contribution in [2.45, 2.75) is 13.8 Å². The van der Waals surface area contributed by atoms with Gasteiger partial charge in [0, 0.05) is 51.1 Å². The zero-order valence-electron chi connectivity index (χ0n) is 12.7. The first kappa shape index (κ1) is 15.0. The standard InChI is InChI=1S/C16H24N2O2/c1-13-15(14(2)19)5-4-6-16(13)18-9-7-17(8-10-18)11-12-20-3/h4-6H,7-12H2,1-3H3. The molecule has 0 atom stereocenters.